The van der Waals surface area contributed by atoms with Gasteiger partial charge in [-0.3, -0.25) is 0 Å². The molecule has 0 spiro atoms. The predicted molar refractivity (Wildman–Crippen MR) is 118 cm³/mol. The maximum Gasteiger partial charge on any atom is 0.410 e. The van der Waals surface area contributed by atoms with E-state index in [1.54, 1.807) is 12.0 Å². The molecule has 8 heteroatoms. The summed E-state index contributed by atoms with van der Waals surface area (Å²) < 4.78 is 10.7. The molecule has 1 aliphatic heterocycles. The Morgan fingerprint density at radius 2 is 1.78 bits per heavy atom. The smallest absolute Gasteiger partial charge is 0.410 e. The molecule has 0 saturated carbocycles. The highest BCUT2D eigenvalue weighted by molar-refractivity contribution is 14.0. The van der Waals surface area contributed by atoms with E-state index in [1.807, 2.05) is 44.7 Å². The number of halogens is 1. The number of benzene rings is 1. The molecule has 1 aromatic rings. The van der Waals surface area contributed by atoms with Gasteiger partial charge in [-0.05, 0) is 44.9 Å². The number of carbonyl (C=O) groups excluding carboxylic acids is 1. The topological polar surface area (TPSA) is 80.4 Å². The molecular weight excluding hydrogens is 459 g/mol. The third-order valence-corrected chi connectivity index (χ3v) is 4.14. The normalized spacial score (nSPS) is 15.2. The van der Waals surface area contributed by atoms with Gasteiger partial charge in [0.25, 0.3) is 0 Å². The number of hydrogen-bond acceptors (Lipinski definition) is 4. The first-order chi connectivity index (χ1) is 12.2. The standard InChI is InChI=1S/C19H30N4O3.HI/c1-14-12-15(6-7-16(14)25-5)13-21-17(20)22-8-10-23(11-9-22)18(24)26-19(2,3)4;/h6-7,12H,8-11,13H2,1-5H3,(H2,20,21);1H. The van der Waals surface area contributed by atoms with Crippen LogP contribution in [0.4, 0.5) is 4.79 Å². The minimum Gasteiger partial charge on any atom is -0.496 e. The molecule has 0 bridgehead atoms. The highest BCUT2D eigenvalue weighted by atomic mass is 127. The summed E-state index contributed by atoms with van der Waals surface area (Å²) >= 11 is 0. The van der Waals surface area contributed by atoms with Crippen molar-refractivity contribution in [2.45, 2.75) is 39.8 Å². The summed E-state index contributed by atoms with van der Waals surface area (Å²) in [6.45, 7) is 10.6. The van der Waals surface area contributed by atoms with E-state index in [-0.39, 0.29) is 30.1 Å². The van der Waals surface area contributed by atoms with E-state index in [0.29, 0.717) is 38.7 Å². The van der Waals surface area contributed by atoms with Crippen LogP contribution in [0.15, 0.2) is 23.2 Å². The van der Waals surface area contributed by atoms with E-state index < -0.39 is 5.60 Å². The second kappa shape index (κ2) is 10.0. The monoisotopic (exact) mass is 490 g/mol. The molecule has 1 saturated heterocycles. The van der Waals surface area contributed by atoms with Crippen LogP contribution in [-0.2, 0) is 11.3 Å². The Balaban J connectivity index is 0.00000364. The van der Waals surface area contributed by atoms with Crippen molar-refractivity contribution in [1.82, 2.24) is 9.80 Å². The van der Waals surface area contributed by atoms with Crippen molar-refractivity contribution in [2.24, 2.45) is 10.7 Å². The average molecular weight is 490 g/mol. The van der Waals surface area contributed by atoms with Gasteiger partial charge in [0, 0.05) is 26.2 Å². The van der Waals surface area contributed by atoms with Crippen LogP contribution in [0.1, 0.15) is 31.9 Å². The van der Waals surface area contributed by atoms with Crippen molar-refractivity contribution < 1.29 is 14.3 Å². The molecule has 152 valence electrons. The van der Waals surface area contributed by atoms with Crippen LogP contribution in [0.3, 0.4) is 0 Å². The van der Waals surface area contributed by atoms with E-state index in [4.69, 9.17) is 15.2 Å². The third-order valence-electron chi connectivity index (χ3n) is 4.14. The Kier molecular flexibility index (Phi) is 8.64. The highest BCUT2D eigenvalue weighted by Crippen LogP contribution is 2.19. The van der Waals surface area contributed by atoms with Gasteiger partial charge in [-0.15, -0.1) is 24.0 Å². The minimum absolute atomic E-state index is 0. The number of nitrogens with two attached hydrogens (primary N) is 1. The van der Waals surface area contributed by atoms with Crippen LogP contribution in [-0.4, -0.2) is 60.7 Å². The molecule has 0 atom stereocenters. The molecule has 1 aliphatic rings. The Hall–Kier alpha value is -1.71. The lowest BCUT2D eigenvalue weighted by atomic mass is 10.1. The third kappa shape index (κ3) is 7.08. The molecule has 1 aromatic carbocycles. The lowest BCUT2D eigenvalue weighted by Crippen LogP contribution is -2.53. The summed E-state index contributed by atoms with van der Waals surface area (Å²) in [5.74, 6) is 1.37. The van der Waals surface area contributed by atoms with Crippen molar-refractivity contribution in [3.05, 3.63) is 29.3 Å². The van der Waals surface area contributed by atoms with Crippen LogP contribution in [0.25, 0.3) is 0 Å². The lowest BCUT2D eigenvalue weighted by molar-refractivity contribution is 0.0186. The van der Waals surface area contributed by atoms with Gasteiger partial charge in [-0.2, -0.15) is 0 Å². The quantitative estimate of drug-likeness (QED) is 0.401. The van der Waals surface area contributed by atoms with E-state index in [1.165, 1.54) is 0 Å². The zero-order valence-corrected chi connectivity index (χ0v) is 19.1. The molecule has 1 fully saturated rings. The molecular formula is C19H31IN4O3. The molecule has 2 N–H and O–H groups in total. The van der Waals surface area contributed by atoms with Crippen LogP contribution in [0.5, 0.6) is 5.75 Å². The van der Waals surface area contributed by atoms with Gasteiger partial charge < -0.3 is 25.0 Å². The SMILES string of the molecule is COc1ccc(CN=C(N)N2CCN(C(=O)OC(C)(C)C)CC2)cc1C.I. The van der Waals surface area contributed by atoms with Crippen LogP contribution < -0.4 is 10.5 Å². The predicted octanol–water partition coefficient (Wildman–Crippen LogP) is 2.99. The van der Waals surface area contributed by atoms with Gasteiger partial charge in [-0.1, -0.05) is 12.1 Å². The second-order valence-corrected chi connectivity index (χ2v) is 7.43. The fourth-order valence-corrected chi connectivity index (χ4v) is 2.76. The fraction of sp³-hybridized carbons (Fsp3) is 0.579. The molecule has 0 aliphatic carbocycles. The molecule has 2 rings (SSSR count). The Morgan fingerprint density at radius 1 is 1.19 bits per heavy atom. The van der Waals surface area contributed by atoms with E-state index in [9.17, 15) is 4.79 Å². The fourth-order valence-electron chi connectivity index (χ4n) is 2.76. The number of piperazine rings is 1. The van der Waals surface area contributed by atoms with Crippen molar-refractivity contribution in [3.8, 4) is 5.75 Å². The number of nitrogens with zero attached hydrogens (tertiary/aromatic N) is 3. The number of hydrogen-bond donors (Lipinski definition) is 1. The van der Waals surface area contributed by atoms with Gasteiger partial charge >= 0.3 is 6.09 Å². The number of guanidine groups is 1. The van der Waals surface area contributed by atoms with Crippen molar-refractivity contribution >= 4 is 36.0 Å². The summed E-state index contributed by atoms with van der Waals surface area (Å²) in [5.41, 5.74) is 7.81. The summed E-state index contributed by atoms with van der Waals surface area (Å²) in [4.78, 5) is 20.3. The molecule has 0 radical (unpaired) electrons. The first-order valence-corrected chi connectivity index (χ1v) is 8.86. The maximum absolute atomic E-state index is 12.1. The van der Waals surface area contributed by atoms with Gasteiger partial charge in [0.2, 0.25) is 0 Å². The maximum atomic E-state index is 12.1. The van der Waals surface area contributed by atoms with E-state index >= 15 is 0 Å². The van der Waals surface area contributed by atoms with Crippen molar-refractivity contribution in [3.63, 3.8) is 0 Å². The molecule has 1 amide bonds. The largest absolute Gasteiger partial charge is 0.496 e. The summed E-state index contributed by atoms with van der Waals surface area (Å²) in [6.07, 6.45) is -0.277. The van der Waals surface area contributed by atoms with Crippen LogP contribution >= 0.6 is 24.0 Å². The summed E-state index contributed by atoms with van der Waals surface area (Å²) in [5, 5.41) is 0. The highest BCUT2D eigenvalue weighted by Gasteiger charge is 2.26. The van der Waals surface area contributed by atoms with Crippen LogP contribution in [0.2, 0.25) is 0 Å². The average Bonchev–Trinajstić information content (AvgIpc) is 2.58. The zero-order chi connectivity index (χ0) is 19.3. The van der Waals surface area contributed by atoms with E-state index in [2.05, 4.69) is 11.1 Å². The first kappa shape index (κ1) is 23.3. The Morgan fingerprint density at radius 3 is 2.30 bits per heavy atom. The molecule has 27 heavy (non-hydrogen) atoms. The van der Waals surface area contributed by atoms with Gasteiger partial charge in [0.1, 0.15) is 11.4 Å². The Bertz CT molecular complexity index is 665. The molecule has 0 unspecified atom stereocenters. The number of aryl methyl sites for hydroxylation is 1. The second-order valence-electron chi connectivity index (χ2n) is 7.43. The van der Waals surface area contributed by atoms with Crippen LogP contribution in [0, 0.1) is 6.92 Å². The molecule has 0 aromatic heterocycles. The summed E-state index contributed by atoms with van der Waals surface area (Å²) in [6, 6.07) is 5.98. The minimum atomic E-state index is -0.481. The van der Waals surface area contributed by atoms with Gasteiger partial charge in [0.15, 0.2) is 5.96 Å². The number of carbonyl (C=O) groups is 1. The summed E-state index contributed by atoms with van der Waals surface area (Å²) in [7, 11) is 1.66. The number of ether oxygens (including phenoxy) is 2. The first-order valence-electron chi connectivity index (χ1n) is 8.86. The van der Waals surface area contributed by atoms with Crippen molar-refractivity contribution in [1.29, 1.82) is 0 Å². The van der Waals surface area contributed by atoms with E-state index in [0.717, 1.165) is 16.9 Å². The van der Waals surface area contributed by atoms with Crippen molar-refractivity contribution in [2.75, 3.05) is 33.3 Å². The number of rotatable bonds is 3. The molecule has 7 nitrogen and oxygen atoms in total. The van der Waals surface area contributed by atoms with Gasteiger partial charge in [0.05, 0.1) is 13.7 Å². The number of aliphatic imine (C=N–C) groups is 1. The number of methoxy groups -OCH3 is 1. The lowest BCUT2D eigenvalue weighted by Gasteiger charge is -2.36. The number of amides is 1. The molecule has 1 heterocycles. The zero-order valence-electron chi connectivity index (χ0n) is 16.8. The van der Waals surface area contributed by atoms with Gasteiger partial charge in [-0.25, -0.2) is 9.79 Å². The Labute approximate surface area is 178 Å².